The van der Waals surface area contributed by atoms with Gasteiger partial charge in [-0.05, 0) is 18.8 Å². The van der Waals surface area contributed by atoms with Crippen molar-refractivity contribution in [2.45, 2.75) is 40.2 Å². The Morgan fingerprint density at radius 3 is 2.44 bits per heavy atom. The Hall–Kier alpha value is -0.870. The Morgan fingerprint density at radius 2 is 2.00 bits per heavy atom. The molecular formula is C12H23NO3. The van der Waals surface area contributed by atoms with Gasteiger partial charge in [0.15, 0.2) is 0 Å². The summed E-state index contributed by atoms with van der Waals surface area (Å²) in [6.45, 7) is 8.95. The largest absolute Gasteiger partial charge is 0.478 e. The normalized spacial score (nSPS) is 14.9. The number of aliphatic carboxylic acids is 1. The van der Waals surface area contributed by atoms with E-state index in [4.69, 9.17) is 5.11 Å². The molecule has 0 rings (SSSR count). The Balaban J connectivity index is 3.78. The van der Waals surface area contributed by atoms with Crippen molar-refractivity contribution in [1.29, 1.82) is 0 Å². The van der Waals surface area contributed by atoms with Gasteiger partial charge in [0.05, 0.1) is 6.10 Å². The van der Waals surface area contributed by atoms with Crippen LogP contribution in [0.2, 0.25) is 0 Å². The first-order valence-corrected chi connectivity index (χ1v) is 5.49. The van der Waals surface area contributed by atoms with Crippen molar-refractivity contribution in [1.82, 2.24) is 5.32 Å². The number of aliphatic hydroxyl groups is 1. The molecule has 0 aliphatic rings. The lowest BCUT2D eigenvalue weighted by Gasteiger charge is -2.22. The molecular weight excluding hydrogens is 206 g/mol. The Labute approximate surface area is 97.4 Å². The summed E-state index contributed by atoms with van der Waals surface area (Å²) < 4.78 is 0. The number of carbonyl (C=O) groups is 1. The van der Waals surface area contributed by atoms with E-state index in [1.807, 2.05) is 0 Å². The van der Waals surface area contributed by atoms with E-state index in [1.54, 1.807) is 6.92 Å². The van der Waals surface area contributed by atoms with Crippen molar-refractivity contribution in [3.63, 3.8) is 0 Å². The lowest BCUT2D eigenvalue weighted by molar-refractivity contribution is -0.131. The van der Waals surface area contributed by atoms with Gasteiger partial charge < -0.3 is 15.5 Å². The molecule has 0 radical (unpaired) electrons. The van der Waals surface area contributed by atoms with Crippen LogP contribution >= 0.6 is 0 Å². The van der Waals surface area contributed by atoms with E-state index >= 15 is 0 Å². The fourth-order valence-electron chi connectivity index (χ4n) is 1.48. The third-order valence-electron chi connectivity index (χ3n) is 2.00. The maximum atomic E-state index is 10.3. The lowest BCUT2D eigenvalue weighted by atomic mass is 9.89. The molecule has 0 spiro atoms. The van der Waals surface area contributed by atoms with Crippen LogP contribution in [0.15, 0.2) is 11.6 Å². The van der Waals surface area contributed by atoms with Crippen molar-refractivity contribution < 1.29 is 15.0 Å². The molecule has 1 unspecified atom stereocenters. The summed E-state index contributed by atoms with van der Waals surface area (Å²) in [5.74, 6) is -0.936. The van der Waals surface area contributed by atoms with Gasteiger partial charge in [-0.15, -0.1) is 0 Å². The van der Waals surface area contributed by atoms with Crippen LogP contribution in [0.25, 0.3) is 0 Å². The minimum Gasteiger partial charge on any atom is -0.478 e. The zero-order valence-corrected chi connectivity index (χ0v) is 10.6. The second-order valence-corrected chi connectivity index (χ2v) is 5.38. The first-order chi connectivity index (χ1) is 7.20. The molecule has 0 saturated heterocycles. The van der Waals surface area contributed by atoms with Crippen LogP contribution in [0, 0.1) is 5.41 Å². The number of rotatable bonds is 6. The molecule has 4 nitrogen and oxygen atoms in total. The molecule has 0 saturated carbocycles. The lowest BCUT2D eigenvalue weighted by Crippen LogP contribution is -2.31. The molecule has 1 atom stereocenters. The first kappa shape index (κ1) is 15.1. The molecule has 0 heterocycles. The van der Waals surface area contributed by atoms with Crippen molar-refractivity contribution >= 4 is 5.97 Å². The van der Waals surface area contributed by atoms with Gasteiger partial charge >= 0.3 is 5.97 Å². The molecule has 94 valence electrons. The summed E-state index contributed by atoms with van der Waals surface area (Å²) in [5, 5.41) is 21.2. The third-order valence-corrected chi connectivity index (χ3v) is 2.00. The second kappa shape index (κ2) is 6.66. The predicted octanol–water partition coefficient (Wildman–Crippen LogP) is 1.40. The minimum atomic E-state index is -0.936. The summed E-state index contributed by atoms with van der Waals surface area (Å²) in [4.78, 5) is 10.3. The highest BCUT2D eigenvalue weighted by molar-refractivity contribution is 5.80. The average Bonchev–Trinajstić information content (AvgIpc) is 1.98. The highest BCUT2D eigenvalue weighted by atomic mass is 16.4. The fraction of sp³-hybridized carbons (Fsp3) is 0.750. The van der Waals surface area contributed by atoms with Crippen LogP contribution in [0.1, 0.15) is 34.1 Å². The van der Waals surface area contributed by atoms with Gasteiger partial charge in [0, 0.05) is 19.2 Å². The van der Waals surface area contributed by atoms with Crippen LogP contribution in [-0.4, -0.2) is 35.4 Å². The summed E-state index contributed by atoms with van der Waals surface area (Å²) >= 11 is 0. The Bertz CT molecular complexity index is 253. The van der Waals surface area contributed by atoms with Gasteiger partial charge in [-0.1, -0.05) is 26.3 Å². The van der Waals surface area contributed by atoms with Crippen LogP contribution in [-0.2, 0) is 4.79 Å². The first-order valence-electron chi connectivity index (χ1n) is 5.49. The number of hydrogen-bond acceptors (Lipinski definition) is 3. The summed E-state index contributed by atoms with van der Waals surface area (Å²) in [7, 11) is 0. The number of carboxylic acids is 1. The number of nitrogens with one attached hydrogen (secondary N) is 1. The molecule has 3 N–H and O–H groups in total. The zero-order valence-electron chi connectivity index (χ0n) is 10.6. The van der Waals surface area contributed by atoms with Crippen LogP contribution < -0.4 is 5.32 Å². The van der Waals surface area contributed by atoms with Crippen molar-refractivity contribution in [2.75, 3.05) is 13.1 Å². The molecule has 4 heteroatoms. The smallest absolute Gasteiger partial charge is 0.328 e. The topological polar surface area (TPSA) is 69.6 Å². The van der Waals surface area contributed by atoms with E-state index in [-0.39, 0.29) is 5.41 Å². The van der Waals surface area contributed by atoms with E-state index in [0.29, 0.717) is 13.1 Å². The quantitative estimate of drug-likeness (QED) is 0.602. The molecule has 0 aromatic heterocycles. The molecule has 0 aliphatic heterocycles. The number of carboxylic acid groups (broad SMARTS) is 1. The van der Waals surface area contributed by atoms with Crippen molar-refractivity contribution in [3.05, 3.63) is 11.6 Å². The molecule has 0 fully saturated rings. The minimum absolute atomic E-state index is 0.104. The van der Waals surface area contributed by atoms with E-state index in [9.17, 15) is 9.90 Å². The maximum absolute atomic E-state index is 10.3. The Kier molecular flexibility index (Phi) is 6.29. The summed E-state index contributed by atoms with van der Waals surface area (Å²) in [6, 6.07) is 0. The highest BCUT2D eigenvalue weighted by Gasteiger charge is 2.15. The SMILES string of the molecule is CC(=CC(=O)O)CNCC(O)CC(C)(C)C. The maximum Gasteiger partial charge on any atom is 0.328 e. The zero-order chi connectivity index (χ0) is 12.8. The monoisotopic (exact) mass is 229 g/mol. The van der Waals surface area contributed by atoms with Gasteiger partial charge in [0.2, 0.25) is 0 Å². The molecule has 0 bridgehead atoms. The van der Waals surface area contributed by atoms with Gasteiger partial charge in [-0.3, -0.25) is 0 Å². The predicted molar refractivity (Wildman–Crippen MR) is 64.3 cm³/mol. The van der Waals surface area contributed by atoms with Crippen molar-refractivity contribution in [3.8, 4) is 0 Å². The van der Waals surface area contributed by atoms with E-state index in [1.165, 1.54) is 6.08 Å². The third kappa shape index (κ3) is 9.68. The van der Waals surface area contributed by atoms with Crippen LogP contribution in [0.3, 0.4) is 0 Å². The van der Waals surface area contributed by atoms with Gasteiger partial charge in [0.1, 0.15) is 0 Å². The van der Waals surface area contributed by atoms with Gasteiger partial charge in [-0.25, -0.2) is 4.79 Å². The van der Waals surface area contributed by atoms with Gasteiger partial charge in [0.25, 0.3) is 0 Å². The molecule has 16 heavy (non-hydrogen) atoms. The second-order valence-electron chi connectivity index (χ2n) is 5.38. The summed E-state index contributed by atoms with van der Waals surface area (Å²) in [6.07, 6.45) is 1.50. The molecule has 0 aromatic carbocycles. The molecule has 0 aromatic rings. The summed E-state index contributed by atoms with van der Waals surface area (Å²) in [5.41, 5.74) is 0.850. The Morgan fingerprint density at radius 1 is 1.44 bits per heavy atom. The van der Waals surface area contributed by atoms with E-state index in [0.717, 1.165) is 12.0 Å². The van der Waals surface area contributed by atoms with Crippen molar-refractivity contribution in [2.24, 2.45) is 5.41 Å². The number of aliphatic hydroxyl groups excluding tert-OH is 1. The van der Waals surface area contributed by atoms with E-state index < -0.39 is 12.1 Å². The average molecular weight is 229 g/mol. The molecule has 0 amide bonds. The van der Waals surface area contributed by atoms with Gasteiger partial charge in [-0.2, -0.15) is 0 Å². The number of hydrogen-bond donors (Lipinski definition) is 3. The molecule has 0 aliphatic carbocycles. The standard InChI is InChI=1S/C12H23NO3/c1-9(5-11(15)16)7-13-8-10(14)6-12(2,3)4/h5,10,13-14H,6-8H2,1-4H3,(H,15,16). The highest BCUT2D eigenvalue weighted by Crippen LogP contribution is 2.20. The fourth-order valence-corrected chi connectivity index (χ4v) is 1.48. The van der Waals surface area contributed by atoms with E-state index in [2.05, 4.69) is 26.1 Å². The van der Waals surface area contributed by atoms with Crippen LogP contribution in [0.4, 0.5) is 0 Å². The van der Waals surface area contributed by atoms with Crippen LogP contribution in [0.5, 0.6) is 0 Å².